The van der Waals surface area contributed by atoms with Crippen molar-refractivity contribution in [3.05, 3.63) is 35.4 Å². The Bertz CT molecular complexity index is 918. The fourth-order valence-electron chi connectivity index (χ4n) is 2.95. The first-order valence-electron chi connectivity index (χ1n) is 7.67. The van der Waals surface area contributed by atoms with E-state index in [9.17, 15) is 9.59 Å². The zero-order valence-electron chi connectivity index (χ0n) is 14.0. The summed E-state index contributed by atoms with van der Waals surface area (Å²) in [5.74, 6) is 0.494. The maximum Gasteiger partial charge on any atom is 0.338 e. The molecule has 0 unspecified atom stereocenters. The number of carbonyl (C=O) groups excluding carboxylic acids is 2. The smallest absolute Gasteiger partial charge is 0.338 e. The van der Waals surface area contributed by atoms with Gasteiger partial charge in [0.1, 0.15) is 0 Å². The van der Waals surface area contributed by atoms with Gasteiger partial charge in [-0.15, -0.1) is 0 Å². The molecule has 8 heteroatoms. The van der Waals surface area contributed by atoms with Gasteiger partial charge in [-0.25, -0.2) is 9.59 Å². The van der Waals surface area contributed by atoms with Crippen molar-refractivity contribution in [3.63, 3.8) is 0 Å². The average Bonchev–Trinajstić information content (AvgIpc) is 3.33. The van der Waals surface area contributed by atoms with Gasteiger partial charge in [-0.05, 0) is 24.3 Å². The molecule has 2 aromatic rings. The summed E-state index contributed by atoms with van der Waals surface area (Å²) in [6.45, 7) is 0.0425. The molecule has 0 amide bonds. The zero-order chi connectivity index (χ0) is 18.3. The fraction of sp³-hybridized carbons (Fsp3) is 0.222. The summed E-state index contributed by atoms with van der Waals surface area (Å²) in [4.78, 5) is 24.7. The van der Waals surface area contributed by atoms with E-state index in [0.717, 1.165) is 0 Å². The highest BCUT2D eigenvalue weighted by Crippen LogP contribution is 2.48. The Morgan fingerprint density at radius 2 is 1.42 bits per heavy atom. The van der Waals surface area contributed by atoms with Crippen molar-refractivity contribution in [2.75, 3.05) is 27.8 Å². The molecule has 0 N–H and O–H groups in total. The average molecular weight is 358 g/mol. The highest BCUT2D eigenvalue weighted by Gasteiger charge is 2.30. The molecular weight excluding hydrogens is 344 g/mol. The molecule has 26 heavy (non-hydrogen) atoms. The van der Waals surface area contributed by atoms with Gasteiger partial charge in [0, 0.05) is 11.1 Å². The van der Waals surface area contributed by atoms with E-state index in [1.54, 1.807) is 18.2 Å². The number of rotatable bonds is 3. The van der Waals surface area contributed by atoms with Crippen LogP contribution in [-0.2, 0) is 9.47 Å². The van der Waals surface area contributed by atoms with Gasteiger partial charge in [0.15, 0.2) is 23.0 Å². The molecule has 8 nitrogen and oxygen atoms in total. The minimum absolute atomic E-state index is 0.00503. The predicted octanol–water partition coefficient (Wildman–Crippen LogP) is 2.38. The van der Waals surface area contributed by atoms with Crippen molar-refractivity contribution < 1.29 is 38.0 Å². The van der Waals surface area contributed by atoms with Gasteiger partial charge in [0.25, 0.3) is 0 Å². The van der Waals surface area contributed by atoms with Gasteiger partial charge in [-0.2, -0.15) is 0 Å². The number of esters is 2. The maximum absolute atomic E-state index is 12.4. The summed E-state index contributed by atoms with van der Waals surface area (Å²) >= 11 is 0. The van der Waals surface area contributed by atoms with Crippen LogP contribution < -0.4 is 18.9 Å². The van der Waals surface area contributed by atoms with Crippen LogP contribution in [-0.4, -0.2) is 39.7 Å². The standard InChI is InChI=1S/C18H14O8/c1-21-17(19)9-3-4-12-16(26-8-23-12)15(9)10-5-13-14(25-7-24-13)6-11(10)18(20)22-2/h3-6H,7-8H2,1-2H3. The predicted molar refractivity (Wildman–Crippen MR) is 86.8 cm³/mol. The SMILES string of the molecule is COC(=O)c1cc2c(cc1-c1c(C(=O)OC)ccc3c1OCO3)OCO2. The van der Waals surface area contributed by atoms with E-state index >= 15 is 0 Å². The molecule has 134 valence electrons. The molecular formula is C18H14O8. The van der Waals surface area contributed by atoms with E-state index in [1.165, 1.54) is 20.3 Å². The minimum atomic E-state index is -0.592. The molecule has 0 saturated carbocycles. The van der Waals surface area contributed by atoms with Gasteiger partial charge in [-0.1, -0.05) is 0 Å². The molecule has 0 aliphatic carbocycles. The van der Waals surface area contributed by atoms with E-state index in [2.05, 4.69) is 0 Å². The van der Waals surface area contributed by atoms with Crippen molar-refractivity contribution in [1.82, 2.24) is 0 Å². The van der Waals surface area contributed by atoms with Crippen LogP contribution in [0, 0.1) is 0 Å². The van der Waals surface area contributed by atoms with Crippen LogP contribution in [0.3, 0.4) is 0 Å². The Morgan fingerprint density at radius 1 is 0.808 bits per heavy atom. The Kier molecular flexibility index (Phi) is 3.80. The maximum atomic E-state index is 12.4. The molecule has 0 radical (unpaired) electrons. The summed E-state index contributed by atoms with van der Waals surface area (Å²) in [6, 6.07) is 6.29. The lowest BCUT2D eigenvalue weighted by molar-refractivity contribution is 0.0589. The second kappa shape index (κ2) is 6.14. The monoisotopic (exact) mass is 358 g/mol. The Hall–Kier alpha value is -3.42. The number of ether oxygens (including phenoxy) is 6. The van der Waals surface area contributed by atoms with E-state index in [4.69, 9.17) is 28.4 Å². The van der Waals surface area contributed by atoms with Crippen molar-refractivity contribution in [3.8, 4) is 34.1 Å². The molecule has 0 bridgehead atoms. The van der Waals surface area contributed by atoms with Crippen LogP contribution in [0.25, 0.3) is 11.1 Å². The van der Waals surface area contributed by atoms with E-state index < -0.39 is 11.9 Å². The lowest BCUT2D eigenvalue weighted by Crippen LogP contribution is -2.08. The second-order valence-corrected chi connectivity index (χ2v) is 5.46. The quantitative estimate of drug-likeness (QED) is 0.773. The normalized spacial score (nSPS) is 13.5. The number of benzene rings is 2. The molecule has 0 saturated heterocycles. The molecule has 0 atom stereocenters. The number of fused-ring (bicyclic) bond motifs is 2. The summed E-state index contributed by atoms with van der Waals surface area (Å²) in [6.07, 6.45) is 0. The Labute approximate surface area is 148 Å². The van der Waals surface area contributed by atoms with E-state index in [0.29, 0.717) is 34.1 Å². The summed E-state index contributed by atoms with van der Waals surface area (Å²) in [5, 5.41) is 0. The molecule has 0 fully saturated rings. The lowest BCUT2D eigenvalue weighted by Gasteiger charge is -2.15. The summed E-state index contributed by atoms with van der Waals surface area (Å²) in [5.41, 5.74) is 1.18. The van der Waals surface area contributed by atoms with Crippen molar-refractivity contribution in [1.29, 1.82) is 0 Å². The first-order chi connectivity index (χ1) is 12.6. The highest BCUT2D eigenvalue weighted by atomic mass is 16.7. The topological polar surface area (TPSA) is 89.5 Å². The van der Waals surface area contributed by atoms with Crippen molar-refractivity contribution in [2.45, 2.75) is 0 Å². The van der Waals surface area contributed by atoms with Gasteiger partial charge in [0.05, 0.1) is 25.3 Å². The van der Waals surface area contributed by atoms with Crippen LogP contribution >= 0.6 is 0 Å². The number of hydrogen-bond acceptors (Lipinski definition) is 8. The molecule has 0 aromatic heterocycles. The third-order valence-corrected chi connectivity index (χ3v) is 4.13. The fourth-order valence-corrected chi connectivity index (χ4v) is 2.95. The Balaban J connectivity index is 2.02. The van der Waals surface area contributed by atoms with Gasteiger partial charge < -0.3 is 28.4 Å². The van der Waals surface area contributed by atoms with Crippen LogP contribution in [0.15, 0.2) is 24.3 Å². The van der Waals surface area contributed by atoms with Gasteiger partial charge in [0.2, 0.25) is 13.6 Å². The van der Waals surface area contributed by atoms with Gasteiger partial charge >= 0.3 is 11.9 Å². The highest BCUT2D eigenvalue weighted by molar-refractivity contribution is 6.06. The molecule has 2 aliphatic heterocycles. The second-order valence-electron chi connectivity index (χ2n) is 5.46. The zero-order valence-corrected chi connectivity index (χ0v) is 14.0. The van der Waals surface area contributed by atoms with Crippen LogP contribution in [0.1, 0.15) is 20.7 Å². The molecule has 2 heterocycles. The molecule has 4 rings (SSSR count). The molecule has 0 spiro atoms. The summed E-state index contributed by atoms with van der Waals surface area (Å²) < 4.78 is 31.5. The first kappa shape index (κ1) is 16.1. The number of carbonyl (C=O) groups is 2. The van der Waals surface area contributed by atoms with E-state index in [-0.39, 0.29) is 24.7 Å². The minimum Gasteiger partial charge on any atom is -0.465 e. The van der Waals surface area contributed by atoms with Crippen molar-refractivity contribution >= 4 is 11.9 Å². The van der Waals surface area contributed by atoms with Crippen LogP contribution in [0.5, 0.6) is 23.0 Å². The molecule has 2 aliphatic rings. The largest absolute Gasteiger partial charge is 0.465 e. The first-order valence-corrected chi connectivity index (χ1v) is 7.67. The number of methoxy groups -OCH3 is 2. The van der Waals surface area contributed by atoms with E-state index in [1.807, 2.05) is 0 Å². The van der Waals surface area contributed by atoms with Crippen molar-refractivity contribution in [2.24, 2.45) is 0 Å². The third kappa shape index (κ3) is 2.38. The Morgan fingerprint density at radius 3 is 2.15 bits per heavy atom. The van der Waals surface area contributed by atoms with Gasteiger partial charge in [-0.3, -0.25) is 0 Å². The lowest BCUT2D eigenvalue weighted by atomic mass is 9.93. The number of hydrogen-bond donors (Lipinski definition) is 0. The van der Waals surface area contributed by atoms with Crippen LogP contribution in [0.2, 0.25) is 0 Å². The third-order valence-electron chi connectivity index (χ3n) is 4.13. The summed E-state index contributed by atoms with van der Waals surface area (Å²) in [7, 11) is 2.55. The molecule has 2 aromatic carbocycles. The van der Waals surface area contributed by atoms with Crippen LogP contribution in [0.4, 0.5) is 0 Å².